The molecule has 148 valence electrons. The number of hydrogen-bond acceptors (Lipinski definition) is 5. The Bertz CT molecular complexity index is 778. The Hall–Kier alpha value is -3.14. The summed E-state index contributed by atoms with van der Waals surface area (Å²) < 4.78 is 5.20. The van der Waals surface area contributed by atoms with Gasteiger partial charge in [0.25, 0.3) is 5.91 Å². The maximum absolute atomic E-state index is 12.2. The second kappa shape index (κ2) is 10.9. The van der Waals surface area contributed by atoms with Gasteiger partial charge >= 0.3 is 5.97 Å². The van der Waals surface area contributed by atoms with Gasteiger partial charge in [-0.25, -0.2) is 4.79 Å². The van der Waals surface area contributed by atoms with Crippen LogP contribution in [-0.2, 0) is 14.3 Å². The summed E-state index contributed by atoms with van der Waals surface area (Å²) in [6, 6.07) is 7.81. The van der Waals surface area contributed by atoms with E-state index in [1.807, 2.05) is 0 Å². The van der Waals surface area contributed by atoms with Crippen LogP contribution in [0.15, 0.2) is 35.9 Å². The first-order chi connectivity index (χ1) is 13.5. The fourth-order valence-corrected chi connectivity index (χ4v) is 2.87. The molecule has 1 aliphatic rings. The third-order valence-corrected chi connectivity index (χ3v) is 4.43. The number of nitrogens with one attached hydrogen (secondary N) is 2. The number of allylic oxidation sites excluding steroid dienone is 1. The SMILES string of the molecule is C[C@@H](OC(=O)c1ccc(NC(=O)CC#N)cc1)C(=O)NCCC1=CCCCC1. The normalized spacial score (nSPS) is 14.2. The van der Waals surface area contributed by atoms with Crippen molar-refractivity contribution in [1.29, 1.82) is 5.26 Å². The summed E-state index contributed by atoms with van der Waals surface area (Å²) in [4.78, 5) is 35.6. The highest BCUT2D eigenvalue weighted by atomic mass is 16.5. The van der Waals surface area contributed by atoms with Gasteiger partial charge in [0.05, 0.1) is 11.6 Å². The standard InChI is InChI=1S/C21H25N3O4/c1-15(20(26)23-14-12-16-5-3-2-4-6-16)28-21(27)17-7-9-18(10-8-17)24-19(25)11-13-22/h5,7-10,15H,2-4,6,11-12,14H2,1H3,(H,23,26)(H,24,25)/t15-/m1/s1. The smallest absolute Gasteiger partial charge is 0.338 e. The molecule has 0 radical (unpaired) electrons. The molecule has 0 saturated carbocycles. The molecule has 0 unspecified atom stereocenters. The van der Waals surface area contributed by atoms with Crippen molar-refractivity contribution in [3.63, 3.8) is 0 Å². The number of hydrogen-bond donors (Lipinski definition) is 2. The van der Waals surface area contributed by atoms with Gasteiger partial charge in [0.1, 0.15) is 6.42 Å². The fourth-order valence-electron chi connectivity index (χ4n) is 2.87. The number of carbonyl (C=O) groups is 3. The molecule has 1 atom stereocenters. The Balaban J connectivity index is 1.77. The Morgan fingerprint density at radius 1 is 1.21 bits per heavy atom. The van der Waals surface area contributed by atoms with Crippen molar-refractivity contribution >= 4 is 23.5 Å². The van der Waals surface area contributed by atoms with E-state index in [9.17, 15) is 14.4 Å². The largest absolute Gasteiger partial charge is 0.449 e. The summed E-state index contributed by atoms with van der Waals surface area (Å²) in [6.07, 6.45) is 6.56. The summed E-state index contributed by atoms with van der Waals surface area (Å²) in [5.74, 6) is -1.37. The molecule has 2 rings (SSSR count). The monoisotopic (exact) mass is 383 g/mol. The molecule has 28 heavy (non-hydrogen) atoms. The van der Waals surface area contributed by atoms with Crippen LogP contribution in [0.5, 0.6) is 0 Å². The molecule has 0 saturated heterocycles. The van der Waals surface area contributed by atoms with Gasteiger partial charge in [0, 0.05) is 12.2 Å². The minimum atomic E-state index is -0.900. The van der Waals surface area contributed by atoms with Crippen LogP contribution in [0.1, 0.15) is 55.8 Å². The van der Waals surface area contributed by atoms with Crippen molar-refractivity contribution in [2.45, 2.75) is 51.6 Å². The molecule has 0 aromatic heterocycles. The maximum atomic E-state index is 12.2. The van der Waals surface area contributed by atoms with E-state index in [0.717, 1.165) is 19.3 Å². The van der Waals surface area contributed by atoms with E-state index in [1.54, 1.807) is 6.07 Å². The van der Waals surface area contributed by atoms with E-state index in [4.69, 9.17) is 10.00 Å². The summed E-state index contributed by atoms with van der Waals surface area (Å²) in [6.45, 7) is 2.06. The molecule has 7 nitrogen and oxygen atoms in total. The molecule has 1 aromatic rings. The van der Waals surface area contributed by atoms with Crippen molar-refractivity contribution in [2.75, 3.05) is 11.9 Å². The van der Waals surface area contributed by atoms with E-state index >= 15 is 0 Å². The number of nitrogens with zero attached hydrogens (tertiary/aromatic N) is 1. The van der Waals surface area contributed by atoms with Crippen LogP contribution in [0.2, 0.25) is 0 Å². The molecule has 7 heteroatoms. The van der Waals surface area contributed by atoms with Crippen LogP contribution in [0.4, 0.5) is 5.69 Å². The number of amides is 2. The minimum absolute atomic E-state index is 0.242. The van der Waals surface area contributed by atoms with Crippen LogP contribution in [0.3, 0.4) is 0 Å². The molecule has 0 aliphatic heterocycles. The van der Waals surface area contributed by atoms with E-state index in [-0.39, 0.29) is 17.9 Å². The second-order valence-corrected chi connectivity index (χ2v) is 6.66. The van der Waals surface area contributed by atoms with Crippen LogP contribution < -0.4 is 10.6 Å². The summed E-state index contributed by atoms with van der Waals surface area (Å²) in [7, 11) is 0. The van der Waals surface area contributed by atoms with Gasteiger partial charge in [-0.15, -0.1) is 0 Å². The van der Waals surface area contributed by atoms with E-state index in [1.165, 1.54) is 49.6 Å². The minimum Gasteiger partial charge on any atom is -0.449 e. The molecule has 1 aromatic carbocycles. The van der Waals surface area contributed by atoms with Crippen molar-refractivity contribution in [2.24, 2.45) is 0 Å². The van der Waals surface area contributed by atoms with Crippen LogP contribution in [0, 0.1) is 11.3 Å². The zero-order valence-electron chi connectivity index (χ0n) is 16.0. The Morgan fingerprint density at radius 3 is 2.61 bits per heavy atom. The number of ether oxygens (including phenoxy) is 1. The van der Waals surface area contributed by atoms with Crippen molar-refractivity contribution in [3.05, 3.63) is 41.5 Å². The lowest BCUT2D eigenvalue weighted by atomic mass is 9.97. The van der Waals surface area contributed by atoms with Crippen LogP contribution in [0.25, 0.3) is 0 Å². The van der Waals surface area contributed by atoms with Gasteiger partial charge in [-0.1, -0.05) is 11.6 Å². The number of anilines is 1. The highest BCUT2D eigenvalue weighted by Gasteiger charge is 2.18. The summed E-state index contributed by atoms with van der Waals surface area (Å²) >= 11 is 0. The molecule has 2 N–H and O–H groups in total. The van der Waals surface area contributed by atoms with Crippen molar-refractivity contribution < 1.29 is 19.1 Å². The van der Waals surface area contributed by atoms with E-state index in [2.05, 4.69) is 16.7 Å². The number of carbonyl (C=O) groups excluding carboxylic acids is 3. The lowest BCUT2D eigenvalue weighted by Crippen LogP contribution is -2.36. The van der Waals surface area contributed by atoms with Crippen LogP contribution >= 0.6 is 0 Å². The first kappa shape index (κ1) is 21.2. The average Bonchev–Trinajstić information content (AvgIpc) is 2.69. The summed E-state index contributed by atoms with van der Waals surface area (Å²) in [5.41, 5.74) is 2.11. The van der Waals surface area contributed by atoms with E-state index < -0.39 is 18.0 Å². The van der Waals surface area contributed by atoms with Gasteiger partial charge in [-0.3, -0.25) is 9.59 Å². The molecule has 0 fully saturated rings. The average molecular weight is 383 g/mol. The first-order valence-electron chi connectivity index (χ1n) is 9.43. The molecule has 1 aliphatic carbocycles. The summed E-state index contributed by atoms with van der Waals surface area (Å²) in [5, 5.41) is 13.8. The molecule has 0 bridgehead atoms. The lowest BCUT2D eigenvalue weighted by molar-refractivity contribution is -0.129. The predicted octanol–water partition coefficient (Wildman–Crippen LogP) is 3.09. The number of esters is 1. The Kier molecular flexibility index (Phi) is 8.22. The van der Waals surface area contributed by atoms with Gasteiger partial charge < -0.3 is 15.4 Å². The lowest BCUT2D eigenvalue weighted by Gasteiger charge is -2.15. The van der Waals surface area contributed by atoms with E-state index in [0.29, 0.717) is 12.2 Å². The molecule has 0 spiro atoms. The quantitative estimate of drug-likeness (QED) is 0.530. The fraction of sp³-hybridized carbons (Fsp3) is 0.429. The Labute approximate surface area is 164 Å². The van der Waals surface area contributed by atoms with Crippen LogP contribution in [-0.4, -0.2) is 30.4 Å². The van der Waals surface area contributed by atoms with Gasteiger partial charge in [-0.05, 0) is 63.3 Å². The Morgan fingerprint density at radius 2 is 1.96 bits per heavy atom. The number of nitriles is 1. The topological polar surface area (TPSA) is 108 Å². The van der Waals surface area contributed by atoms with Gasteiger partial charge in [0.15, 0.2) is 6.10 Å². The van der Waals surface area contributed by atoms with Crippen molar-refractivity contribution in [1.82, 2.24) is 5.32 Å². The zero-order valence-corrected chi connectivity index (χ0v) is 16.0. The first-order valence-corrected chi connectivity index (χ1v) is 9.43. The second-order valence-electron chi connectivity index (χ2n) is 6.66. The highest BCUT2D eigenvalue weighted by Crippen LogP contribution is 2.19. The molecule has 0 heterocycles. The maximum Gasteiger partial charge on any atom is 0.338 e. The molecular weight excluding hydrogens is 358 g/mol. The molecule has 2 amide bonds. The number of benzene rings is 1. The highest BCUT2D eigenvalue weighted by molar-refractivity contribution is 5.94. The zero-order chi connectivity index (χ0) is 20.4. The van der Waals surface area contributed by atoms with Crippen molar-refractivity contribution in [3.8, 4) is 6.07 Å². The number of rotatable bonds is 8. The molecular formula is C21H25N3O4. The third-order valence-electron chi connectivity index (χ3n) is 4.43. The van der Waals surface area contributed by atoms with Gasteiger partial charge in [0.2, 0.25) is 5.91 Å². The predicted molar refractivity (Wildman–Crippen MR) is 104 cm³/mol. The van der Waals surface area contributed by atoms with Gasteiger partial charge in [-0.2, -0.15) is 5.26 Å². The third kappa shape index (κ3) is 6.88.